The van der Waals surface area contributed by atoms with Crippen LogP contribution in [0.3, 0.4) is 0 Å². The Kier molecular flexibility index (Phi) is 3.76. The second-order valence-corrected chi connectivity index (χ2v) is 4.45. The second kappa shape index (κ2) is 5.29. The minimum absolute atomic E-state index is 0.101. The maximum absolute atomic E-state index is 11.9. The summed E-state index contributed by atoms with van der Waals surface area (Å²) in [5, 5.41) is 2.90. The van der Waals surface area contributed by atoms with Crippen molar-refractivity contribution in [2.75, 3.05) is 11.6 Å². The largest absolute Gasteiger partial charge is 0.452 e. The smallest absolute Gasteiger partial charge is 0.260 e. The lowest BCUT2D eigenvalue weighted by molar-refractivity contribution is 0.102. The molecule has 0 aliphatic rings. The Labute approximate surface area is 108 Å². The molecule has 17 heavy (non-hydrogen) atoms. The Bertz CT molecular complexity index is 539. The molecule has 1 amide bonds. The molecule has 3 nitrogen and oxygen atoms in total. The SMILES string of the molecule is CSc1ccccc1NC(=O)c1ccoc1Cl. The summed E-state index contributed by atoms with van der Waals surface area (Å²) in [5.74, 6) is -0.273. The number of carbonyl (C=O) groups excluding carboxylic acids is 1. The van der Waals surface area contributed by atoms with Crippen molar-refractivity contribution in [3.05, 3.63) is 47.4 Å². The molecular formula is C12H10ClNO2S. The molecule has 1 heterocycles. The van der Waals surface area contributed by atoms with Crippen LogP contribution in [0.1, 0.15) is 10.4 Å². The van der Waals surface area contributed by atoms with Crippen LogP contribution in [0.2, 0.25) is 5.22 Å². The van der Waals surface area contributed by atoms with Gasteiger partial charge in [-0.1, -0.05) is 12.1 Å². The summed E-state index contributed by atoms with van der Waals surface area (Å²) in [5.41, 5.74) is 1.10. The van der Waals surface area contributed by atoms with Crippen LogP contribution in [-0.2, 0) is 0 Å². The van der Waals surface area contributed by atoms with E-state index < -0.39 is 0 Å². The highest BCUT2D eigenvalue weighted by Crippen LogP contribution is 2.26. The summed E-state index contributed by atoms with van der Waals surface area (Å²) >= 11 is 7.31. The molecule has 2 rings (SSSR count). The fourth-order valence-electron chi connectivity index (χ4n) is 1.39. The van der Waals surface area contributed by atoms with Crippen molar-refractivity contribution in [3.8, 4) is 0 Å². The van der Waals surface area contributed by atoms with Crippen LogP contribution in [0.15, 0.2) is 45.9 Å². The molecule has 5 heteroatoms. The molecule has 88 valence electrons. The van der Waals surface area contributed by atoms with Gasteiger partial charge in [-0.05, 0) is 36.1 Å². The number of carbonyl (C=O) groups is 1. The molecule has 1 aromatic heterocycles. The molecule has 1 aromatic carbocycles. The van der Waals surface area contributed by atoms with Crippen LogP contribution in [0.4, 0.5) is 5.69 Å². The van der Waals surface area contributed by atoms with Crippen molar-refractivity contribution in [2.24, 2.45) is 0 Å². The highest BCUT2D eigenvalue weighted by atomic mass is 35.5. The normalized spacial score (nSPS) is 10.2. The van der Waals surface area contributed by atoms with Crippen molar-refractivity contribution in [1.82, 2.24) is 0 Å². The van der Waals surface area contributed by atoms with E-state index in [0.717, 1.165) is 10.6 Å². The average Bonchev–Trinajstić information content (AvgIpc) is 2.76. The lowest BCUT2D eigenvalue weighted by Gasteiger charge is -2.08. The van der Waals surface area contributed by atoms with Gasteiger partial charge in [-0.2, -0.15) is 0 Å². The number of anilines is 1. The molecule has 0 saturated carbocycles. The number of thioether (sulfide) groups is 1. The third kappa shape index (κ3) is 2.65. The third-order valence-electron chi connectivity index (χ3n) is 2.22. The van der Waals surface area contributed by atoms with Crippen LogP contribution in [-0.4, -0.2) is 12.2 Å². The van der Waals surface area contributed by atoms with Gasteiger partial charge in [0.2, 0.25) is 5.22 Å². The van der Waals surface area contributed by atoms with E-state index in [0.29, 0.717) is 5.56 Å². The topological polar surface area (TPSA) is 42.2 Å². The van der Waals surface area contributed by atoms with Crippen molar-refractivity contribution in [3.63, 3.8) is 0 Å². The fourth-order valence-corrected chi connectivity index (χ4v) is 2.15. The quantitative estimate of drug-likeness (QED) is 0.858. The van der Waals surface area contributed by atoms with Gasteiger partial charge >= 0.3 is 0 Å². The predicted molar refractivity (Wildman–Crippen MR) is 69.9 cm³/mol. The number of rotatable bonds is 3. The van der Waals surface area contributed by atoms with E-state index in [2.05, 4.69) is 5.32 Å². The molecule has 0 spiro atoms. The molecule has 0 fully saturated rings. The van der Waals surface area contributed by atoms with E-state index in [1.54, 1.807) is 17.8 Å². The van der Waals surface area contributed by atoms with Gasteiger partial charge in [-0.3, -0.25) is 4.79 Å². The maximum atomic E-state index is 11.9. The predicted octanol–water partition coefficient (Wildman–Crippen LogP) is 3.91. The molecule has 0 aliphatic carbocycles. The van der Waals surface area contributed by atoms with Gasteiger partial charge in [-0.15, -0.1) is 11.8 Å². The van der Waals surface area contributed by atoms with Gasteiger partial charge in [0.25, 0.3) is 5.91 Å². The molecule has 0 saturated heterocycles. The highest BCUT2D eigenvalue weighted by Gasteiger charge is 2.14. The summed E-state index contributed by atoms with van der Waals surface area (Å²) in [7, 11) is 0. The standard InChI is InChI=1S/C12H10ClNO2S/c1-17-10-5-3-2-4-9(10)14-12(15)8-6-7-16-11(8)13/h2-7H,1H3,(H,14,15). The molecule has 0 atom stereocenters. The number of hydrogen-bond donors (Lipinski definition) is 1. The Hall–Kier alpha value is -1.39. The highest BCUT2D eigenvalue weighted by molar-refractivity contribution is 7.98. The summed E-state index contributed by atoms with van der Waals surface area (Å²) in [6.07, 6.45) is 3.34. The summed E-state index contributed by atoms with van der Waals surface area (Å²) in [6, 6.07) is 9.12. The van der Waals surface area contributed by atoms with Crippen LogP contribution >= 0.6 is 23.4 Å². The van der Waals surface area contributed by atoms with Gasteiger partial charge in [0.1, 0.15) is 0 Å². The number of nitrogens with one attached hydrogen (secondary N) is 1. The zero-order chi connectivity index (χ0) is 12.3. The second-order valence-electron chi connectivity index (χ2n) is 3.26. The van der Waals surface area contributed by atoms with Crippen molar-refractivity contribution >= 4 is 35.0 Å². The van der Waals surface area contributed by atoms with Crippen LogP contribution in [0.25, 0.3) is 0 Å². The van der Waals surface area contributed by atoms with Crippen LogP contribution in [0.5, 0.6) is 0 Å². The monoisotopic (exact) mass is 267 g/mol. The van der Waals surface area contributed by atoms with E-state index >= 15 is 0 Å². The molecule has 0 aliphatic heterocycles. The van der Waals surface area contributed by atoms with E-state index in [9.17, 15) is 4.79 Å². The first-order valence-corrected chi connectivity index (χ1v) is 6.50. The minimum Gasteiger partial charge on any atom is -0.452 e. The molecule has 0 radical (unpaired) electrons. The average molecular weight is 268 g/mol. The summed E-state index contributed by atoms with van der Waals surface area (Å²) in [4.78, 5) is 12.9. The minimum atomic E-state index is -0.273. The zero-order valence-electron chi connectivity index (χ0n) is 9.07. The first kappa shape index (κ1) is 12.1. The molecule has 2 aromatic rings. The number of para-hydroxylation sites is 1. The van der Waals surface area contributed by atoms with Gasteiger partial charge in [0, 0.05) is 4.90 Å². The third-order valence-corrected chi connectivity index (χ3v) is 3.31. The van der Waals surface area contributed by atoms with E-state index in [-0.39, 0.29) is 11.1 Å². The first-order chi connectivity index (χ1) is 8.22. The maximum Gasteiger partial charge on any atom is 0.260 e. The molecule has 1 N–H and O–H groups in total. The lowest BCUT2D eigenvalue weighted by Crippen LogP contribution is -2.11. The Balaban J connectivity index is 2.22. The van der Waals surface area contributed by atoms with E-state index in [1.807, 2.05) is 30.5 Å². The molecular weight excluding hydrogens is 258 g/mol. The summed E-state index contributed by atoms with van der Waals surface area (Å²) < 4.78 is 4.88. The van der Waals surface area contributed by atoms with E-state index in [1.165, 1.54) is 6.26 Å². The van der Waals surface area contributed by atoms with Crippen molar-refractivity contribution in [1.29, 1.82) is 0 Å². The Morgan fingerprint density at radius 2 is 2.12 bits per heavy atom. The molecule has 0 bridgehead atoms. The number of benzene rings is 1. The fraction of sp³-hybridized carbons (Fsp3) is 0.0833. The molecule has 0 unspecified atom stereocenters. The van der Waals surface area contributed by atoms with Crippen molar-refractivity contribution < 1.29 is 9.21 Å². The van der Waals surface area contributed by atoms with Crippen LogP contribution < -0.4 is 5.32 Å². The van der Waals surface area contributed by atoms with Gasteiger partial charge in [-0.25, -0.2) is 0 Å². The summed E-state index contributed by atoms with van der Waals surface area (Å²) in [6.45, 7) is 0. The number of hydrogen-bond acceptors (Lipinski definition) is 3. The first-order valence-electron chi connectivity index (χ1n) is 4.89. The lowest BCUT2D eigenvalue weighted by atomic mass is 10.3. The van der Waals surface area contributed by atoms with Crippen molar-refractivity contribution in [2.45, 2.75) is 4.90 Å². The Morgan fingerprint density at radius 3 is 2.76 bits per heavy atom. The van der Waals surface area contributed by atoms with Gasteiger partial charge < -0.3 is 9.73 Å². The number of furan rings is 1. The number of halogens is 1. The zero-order valence-corrected chi connectivity index (χ0v) is 10.6. The van der Waals surface area contributed by atoms with Gasteiger partial charge in [0.15, 0.2) is 0 Å². The van der Waals surface area contributed by atoms with E-state index in [4.69, 9.17) is 16.0 Å². The Morgan fingerprint density at radius 1 is 1.35 bits per heavy atom. The number of amides is 1. The van der Waals surface area contributed by atoms with Gasteiger partial charge in [0.05, 0.1) is 17.5 Å². The van der Waals surface area contributed by atoms with Crippen LogP contribution in [0, 0.1) is 0 Å².